The summed E-state index contributed by atoms with van der Waals surface area (Å²) in [5, 5.41) is 2.51. The molecule has 0 spiro atoms. The van der Waals surface area contributed by atoms with Crippen LogP contribution in [0, 0.1) is 5.82 Å². The lowest BCUT2D eigenvalue weighted by Crippen LogP contribution is -2.30. The highest BCUT2D eigenvalue weighted by Crippen LogP contribution is 2.25. The zero-order valence-electron chi connectivity index (χ0n) is 14.2. The van der Waals surface area contributed by atoms with Crippen molar-refractivity contribution >= 4 is 11.6 Å². The summed E-state index contributed by atoms with van der Waals surface area (Å²) in [7, 11) is 0. The summed E-state index contributed by atoms with van der Waals surface area (Å²) in [4.78, 5) is 12.2. The summed E-state index contributed by atoms with van der Waals surface area (Å²) in [5.41, 5.74) is 0.120. The second kappa shape index (κ2) is 8.16. The first-order chi connectivity index (χ1) is 12.6. The molecule has 0 heterocycles. The number of nitrogens with one attached hydrogen (secondary N) is 1. The van der Waals surface area contributed by atoms with Crippen LogP contribution in [0.15, 0.2) is 78.9 Å². The van der Waals surface area contributed by atoms with E-state index in [2.05, 4.69) is 5.32 Å². The van der Waals surface area contributed by atoms with Crippen molar-refractivity contribution in [2.45, 2.75) is 13.0 Å². The molecule has 1 N–H and O–H groups in total. The molecule has 1 amide bonds. The van der Waals surface area contributed by atoms with Crippen molar-refractivity contribution < 1.29 is 18.7 Å². The van der Waals surface area contributed by atoms with E-state index in [1.807, 2.05) is 30.3 Å². The summed E-state index contributed by atoms with van der Waals surface area (Å²) in [6.45, 7) is 1.60. The predicted octanol–water partition coefficient (Wildman–Crippen LogP) is 5.02. The summed E-state index contributed by atoms with van der Waals surface area (Å²) in [6.07, 6.45) is -0.804. The van der Waals surface area contributed by atoms with Gasteiger partial charge in [0.15, 0.2) is 6.10 Å². The Bertz CT molecular complexity index is 883. The summed E-state index contributed by atoms with van der Waals surface area (Å²) < 4.78 is 25.0. The molecule has 132 valence electrons. The maximum atomic E-state index is 13.6. The van der Waals surface area contributed by atoms with Crippen molar-refractivity contribution in [3.63, 3.8) is 0 Å². The maximum Gasteiger partial charge on any atom is 0.265 e. The van der Waals surface area contributed by atoms with E-state index in [0.29, 0.717) is 17.2 Å². The molecule has 0 aromatic heterocycles. The number of anilines is 1. The van der Waals surface area contributed by atoms with Crippen molar-refractivity contribution in [2.24, 2.45) is 0 Å². The van der Waals surface area contributed by atoms with Gasteiger partial charge in [0.05, 0.1) is 5.69 Å². The molecule has 5 heteroatoms. The molecule has 1 atom stereocenters. The molecule has 0 aliphatic heterocycles. The van der Waals surface area contributed by atoms with Crippen molar-refractivity contribution in [3.05, 3.63) is 84.7 Å². The number of ether oxygens (including phenoxy) is 2. The molecule has 0 aliphatic carbocycles. The zero-order chi connectivity index (χ0) is 18.4. The number of hydrogen-bond donors (Lipinski definition) is 1. The van der Waals surface area contributed by atoms with Crippen molar-refractivity contribution in [1.29, 1.82) is 0 Å². The molecule has 0 aliphatic rings. The van der Waals surface area contributed by atoms with Gasteiger partial charge < -0.3 is 14.8 Å². The second-order valence-corrected chi connectivity index (χ2v) is 5.62. The smallest absolute Gasteiger partial charge is 0.265 e. The largest absolute Gasteiger partial charge is 0.481 e. The molecule has 0 unspecified atom stereocenters. The molecule has 4 nitrogen and oxygen atoms in total. The summed E-state index contributed by atoms with van der Waals surface area (Å²) >= 11 is 0. The van der Waals surface area contributed by atoms with Crippen LogP contribution in [-0.4, -0.2) is 12.0 Å². The molecule has 3 aromatic carbocycles. The monoisotopic (exact) mass is 351 g/mol. The molecule has 0 fully saturated rings. The highest BCUT2D eigenvalue weighted by molar-refractivity contribution is 5.94. The third-order valence-corrected chi connectivity index (χ3v) is 3.60. The van der Waals surface area contributed by atoms with Gasteiger partial charge in [-0.2, -0.15) is 0 Å². The maximum absolute atomic E-state index is 13.6. The highest BCUT2D eigenvalue weighted by atomic mass is 19.1. The van der Waals surface area contributed by atoms with Gasteiger partial charge in [0.25, 0.3) is 5.91 Å². The molecule has 3 aromatic rings. The van der Waals surface area contributed by atoms with E-state index in [0.717, 1.165) is 0 Å². The number of benzene rings is 3. The van der Waals surface area contributed by atoms with Gasteiger partial charge in [0, 0.05) is 6.07 Å². The van der Waals surface area contributed by atoms with Gasteiger partial charge in [-0.3, -0.25) is 4.79 Å². The van der Waals surface area contributed by atoms with Crippen LogP contribution in [0.5, 0.6) is 17.2 Å². The van der Waals surface area contributed by atoms with Crippen LogP contribution >= 0.6 is 0 Å². The lowest BCUT2D eigenvalue weighted by molar-refractivity contribution is -0.122. The predicted molar refractivity (Wildman–Crippen MR) is 98.1 cm³/mol. The highest BCUT2D eigenvalue weighted by Gasteiger charge is 2.16. The quantitative estimate of drug-likeness (QED) is 0.678. The van der Waals surface area contributed by atoms with Crippen LogP contribution in [0.25, 0.3) is 0 Å². The van der Waals surface area contributed by atoms with Crippen LogP contribution in [0.4, 0.5) is 10.1 Å². The number of rotatable bonds is 6. The zero-order valence-corrected chi connectivity index (χ0v) is 14.2. The molecule has 3 rings (SSSR count). The van der Waals surface area contributed by atoms with Gasteiger partial charge in [-0.25, -0.2) is 4.39 Å². The molecule has 0 saturated carbocycles. The van der Waals surface area contributed by atoms with Crippen molar-refractivity contribution in [1.82, 2.24) is 0 Å². The fraction of sp³-hybridized carbons (Fsp3) is 0.0952. The first-order valence-corrected chi connectivity index (χ1v) is 8.17. The van der Waals surface area contributed by atoms with Crippen LogP contribution in [-0.2, 0) is 4.79 Å². The summed E-state index contributed by atoms with van der Waals surface area (Å²) in [6, 6.07) is 22.3. The molecule has 0 radical (unpaired) electrons. The standard InChI is InChI=1S/C21H18FNO3/c1-15(21(24)23-20-13-6-5-12-19(20)22)25-17-10-7-11-18(14-17)26-16-8-3-2-4-9-16/h2-15H,1H3,(H,23,24)/t15-/m1/s1. The van der Waals surface area contributed by atoms with E-state index in [-0.39, 0.29) is 5.69 Å². The average Bonchev–Trinajstić information content (AvgIpc) is 2.64. The Labute approximate surface area is 151 Å². The van der Waals surface area contributed by atoms with Gasteiger partial charge in [-0.1, -0.05) is 36.4 Å². The van der Waals surface area contributed by atoms with Gasteiger partial charge in [-0.15, -0.1) is 0 Å². The van der Waals surface area contributed by atoms with Gasteiger partial charge >= 0.3 is 0 Å². The first kappa shape index (κ1) is 17.5. The van der Waals surface area contributed by atoms with E-state index in [4.69, 9.17) is 9.47 Å². The first-order valence-electron chi connectivity index (χ1n) is 8.17. The molecule has 0 saturated heterocycles. The minimum Gasteiger partial charge on any atom is -0.481 e. The third-order valence-electron chi connectivity index (χ3n) is 3.60. The van der Waals surface area contributed by atoms with Crippen LogP contribution in [0.2, 0.25) is 0 Å². The number of carbonyl (C=O) groups excluding carboxylic acids is 1. The van der Waals surface area contributed by atoms with Gasteiger partial charge in [-0.05, 0) is 43.3 Å². The van der Waals surface area contributed by atoms with E-state index < -0.39 is 17.8 Å². The minimum absolute atomic E-state index is 0.120. The number of hydrogen-bond acceptors (Lipinski definition) is 3. The Morgan fingerprint density at radius 3 is 2.31 bits per heavy atom. The minimum atomic E-state index is -0.804. The van der Waals surface area contributed by atoms with Crippen molar-refractivity contribution in [3.8, 4) is 17.2 Å². The topological polar surface area (TPSA) is 47.6 Å². The van der Waals surface area contributed by atoms with Crippen LogP contribution in [0.1, 0.15) is 6.92 Å². The number of halogens is 1. The Morgan fingerprint density at radius 1 is 0.885 bits per heavy atom. The fourth-order valence-corrected chi connectivity index (χ4v) is 2.29. The van der Waals surface area contributed by atoms with E-state index >= 15 is 0 Å². The Hall–Kier alpha value is -3.34. The van der Waals surface area contributed by atoms with E-state index in [1.165, 1.54) is 12.1 Å². The summed E-state index contributed by atoms with van der Waals surface area (Å²) in [5.74, 6) is 0.843. The van der Waals surface area contributed by atoms with E-state index in [9.17, 15) is 9.18 Å². The van der Waals surface area contributed by atoms with E-state index in [1.54, 1.807) is 43.3 Å². The fourth-order valence-electron chi connectivity index (χ4n) is 2.29. The number of para-hydroxylation sites is 2. The number of amides is 1. The lowest BCUT2D eigenvalue weighted by Gasteiger charge is -2.15. The Kier molecular flexibility index (Phi) is 5.49. The average molecular weight is 351 g/mol. The molecular formula is C21H18FNO3. The Balaban J connectivity index is 1.63. The van der Waals surface area contributed by atoms with Gasteiger partial charge in [0.1, 0.15) is 23.1 Å². The molecule has 26 heavy (non-hydrogen) atoms. The van der Waals surface area contributed by atoms with Gasteiger partial charge in [0.2, 0.25) is 0 Å². The second-order valence-electron chi connectivity index (χ2n) is 5.62. The molecule has 0 bridgehead atoms. The van der Waals surface area contributed by atoms with Crippen molar-refractivity contribution in [2.75, 3.05) is 5.32 Å². The number of carbonyl (C=O) groups is 1. The van der Waals surface area contributed by atoms with Crippen LogP contribution in [0.3, 0.4) is 0 Å². The normalized spacial score (nSPS) is 11.5. The third kappa shape index (κ3) is 4.60. The lowest BCUT2D eigenvalue weighted by atomic mass is 10.2. The Morgan fingerprint density at radius 2 is 1.54 bits per heavy atom. The van der Waals surface area contributed by atoms with Crippen LogP contribution < -0.4 is 14.8 Å². The SMILES string of the molecule is C[C@@H](Oc1cccc(Oc2ccccc2)c1)C(=O)Nc1ccccc1F. The molecular weight excluding hydrogens is 333 g/mol.